The van der Waals surface area contributed by atoms with Crippen molar-refractivity contribution in [3.05, 3.63) is 122 Å². The summed E-state index contributed by atoms with van der Waals surface area (Å²) in [6.07, 6.45) is 3.41. The largest absolute Gasteiger partial charge is 0.457 e. The molecule has 8 nitrogen and oxygen atoms in total. The van der Waals surface area contributed by atoms with Crippen molar-refractivity contribution in [2.75, 3.05) is 22.1 Å². The molecule has 0 atom stereocenters. The molecule has 2 heterocycles. The summed E-state index contributed by atoms with van der Waals surface area (Å²) in [5, 5.41) is 7.36. The van der Waals surface area contributed by atoms with E-state index >= 15 is 0 Å². The van der Waals surface area contributed by atoms with Crippen molar-refractivity contribution >= 4 is 46.7 Å². The van der Waals surface area contributed by atoms with Crippen molar-refractivity contribution in [1.82, 2.24) is 9.97 Å². The summed E-state index contributed by atoms with van der Waals surface area (Å²) in [5.74, 6) is 2.91. The number of carbonyl (C=O) groups is 2. The van der Waals surface area contributed by atoms with Crippen LogP contribution in [0.4, 0.5) is 11.4 Å². The number of nitrogens with one attached hydrogen (secondary N) is 2. The number of amides is 2. The summed E-state index contributed by atoms with van der Waals surface area (Å²) in [6, 6.07) is 32.8. The molecule has 0 fully saturated rings. The molecule has 2 aromatic heterocycles. The zero-order valence-electron chi connectivity index (χ0n) is 22.3. The Hall–Kier alpha value is -4.80. The van der Waals surface area contributed by atoms with Crippen molar-refractivity contribution < 1.29 is 19.1 Å². The molecule has 42 heavy (non-hydrogen) atoms. The third-order valence-corrected chi connectivity index (χ3v) is 7.44. The van der Waals surface area contributed by atoms with Gasteiger partial charge in [-0.25, -0.2) is 9.97 Å². The highest BCUT2D eigenvalue weighted by molar-refractivity contribution is 8.00. The van der Waals surface area contributed by atoms with Gasteiger partial charge in [-0.2, -0.15) is 0 Å². The smallest absolute Gasteiger partial charge is 0.234 e. The second-order valence-electron chi connectivity index (χ2n) is 8.73. The van der Waals surface area contributed by atoms with E-state index in [0.717, 1.165) is 10.1 Å². The van der Waals surface area contributed by atoms with Crippen molar-refractivity contribution in [2.45, 2.75) is 10.1 Å². The van der Waals surface area contributed by atoms with Crippen LogP contribution in [0.25, 0.3) is 0 Å². The predicted octanol–water partition coefficient (Wildman–Crippen LogP) is 7.52. The van der Waals surface area contributed by atoms with E-state index in [0.29, 0.717) is 34.4 Å². The molecular formula is C32H26N4O4S2. The van der Waals surface area contributed by atoms with Gasteiger partial charge in [-0.1, -0.05) is 35.7 Å². The molecule has 0 saturated carbocycles. The van der Waals surface area contributed by atoms with Gasteiger partial charge in [0.1, 0.15) is 23.0 Å². The van der Waals surface area contributed by atoms with E-state index < -0.39 is 0 Å². The van der Waals surface area contributed by atoms with Crippen molar-refractivity contribution in [2.24, 2.45) is 0 Å². The molecule has 0 spiro atoms. The van der Waals surface area contributed by atoms with Crippen LogP contribution in [0.15, 0.2) is 132 Å². The Labute approximate surface area is 251 Å². The Morgan fingerprint density at radius 1 is 0.524 bits per heavy atom. The van der Waals surface area contributed by atoms with E-state index in [4.69, 9.17) is 9.47 Å². The number of hydrogen-bond donors (Lipinski definition) is 2. The minimum atomic E-state index is -0.106. The van der Waals surface area contributed by atoms with E-state index in [9.17, 15) is 9.59 Å². The van der Waals surface area contributed by atoms with Crippen LogP contribution >= 0.6 is 23.5 Å². The maximum atomic E-state index is 12.2. The zero-order chi connectivity index (χ0) is 29.0. The minimum absolute atomic E-state index is 0.106. The molecule has 0 aliphatic heterocycles. The Morgan fingerprint density at radius 2 is 0.881 bits per heavy atom. The second-order valence-corrected chi connectivity index (χ2v) is 10.7. The fraction of sp³-hybridized carbons (Fsp3) is 0.0625. The highest BCUT2D eigenvalue weighted by Crippen LogP contribution is 2.28. The number of ether oxygens (including phenoxy) is 2. The van der Waals surface area contributed by atoms with Gasteiger partial charge in [0.25, 0.3) is 0 Å². The Kier molecular flexibility index (Phi) is 10.1. The van der Waals surface area contributed by atoms with E-state index in [1.165, 1.54) is 23.5 Å². The SMILES string of the molecule is O=C(CSc1ccccn1)Nc1ccc(Oc2ccc(Oc3ccc(NC(=O)CSc4ccccn4)cc3)cc2)cc1. The number of rotatable bonds is 12. The number of pyridine rings is 2. The lowest BCUT2D eigenvalue weighted by molar-refractivity contribution is -0.114. The molecule has 2 amide bonds. The van der Waals surface area contributed by atoms with Crippen LogP contribution in [0.3, 0.4) is 0 Å². The van der Waals surface area contributed by atoms with E-state index in [2.05, 4.69) is 20.6 Å². The Morgan fingerprint density at radius 3 is 1.21 bits per heavy atom. The summed E-state index contributed by atoms with van der Waals surface area (Å²) in [6.45, 7) is 0. The first-order valence-electron chi connectivity index (χ1n) is 12.9. The van der Waals surface area contributed by atoms with Crippen LogP contribution in [0.1, 0.15) is 0 Å². The number of hydrogen-bond acceptors (Lipinski definition) is 8. The molecule has 0 saturated heterocycles. The first-order chi connectivity index (χ1) is 20.6. The van der Waals surface area contributed by atoms with Crippen molar-refractivity contribution in [3.8, 4) is 23.0 Å². The molecule has 0 aliphatic carbocycles. The summed E-state index contributed by atoms with van der Waals surface area (Å²) >= 11 is 2.76. The Bertz CT molecular complexity index is 1460. The predicted molar refractivity (Wildman–Crippen MR) is 167 cm³/mol. The molecule has 3 aromatic carbocycles. The lowest BCUT2D eigenvalue weighted by atomic mass is 10.3. The average Bonchev–Trinajstić information content (AvgIpc) is 3.03. The molecule has 0 unspecified atom stereocenters. The maximum Gasteiger partial charge on any atom is 0.234 e. The quantitative estimate of drug-likeness (QED) is 0.143. The standard InChI is InChI=1S/C32H26N4O4S2/c37-29(21-41-31-5-1-3-19-33-31)35-23-7-11-25(12-8-23)39-27-15-17-28(18-16-27)40-26-13-9-24(10-14-26)36-30(38)22-42-32-6-2-4-20-34-32/h1-20H,21-22H2,(H,35,37)(H,36,38). The molecule has 210 valence electrons. The van der Waals surface area contributed by atoms with Crippen LogP contribution in [-0.2, 0) is 9.59 Å². The van der Waals surface area contributed by atoms with Gasteiger partial charge in [-0.3, -0.25) is 9.59 Å². The number of anilines is 2. The highest BCUT2D eigenvalue weighted by atomic mass is 32.2. The molecule has 0 radical (unpaired) electrons. The van der Waals surface area contributed by atoms with Crippen LogP contribution in [0.2, 0.25) is 0 Å². The van der Waals surface area contributed by atoms with Crippen LogP contribution in [0.5, 0.6) is 23.0 Å². The fourth-order valence-corrected chi connectivity index (χ4v) is 4.92. The third-order valence-electron chi connectivity index (χ3n) is 5.55. The van der Waals surface area contributed by atoms with Gasteiger partial charge >= 0.3 is 0 Å². The topological polar surface area (TPSA) is 102 Å². The summed E-state index contributed by atoms with van der Waals surface area (Å²) in [5.41, 5.74) is 1.37. The van der Waals surface area contributed by atoms with Crippen LogP contribution in [-0.4, -0.2) is 33.3 Å². The molecule has 2 N–H and O–H groups in total. The number of nitrogens with zero attached hydrogens (tertiary/aromatic N) is 2. The number of carbonyl (C=O) groups excluding carboxylic acids is 2. The number of aromatic nitrogens is 2. The highest BCUT2D eigenvalue weighted by Gasteiger charge is 2.07. The monoisotopic (exact) mass is 594 g/mol. The lowest BCUT2D eigenvalue weighted by Crippen LogP contribution is -2.13. The summed E-state index contributed by atoms with van der Waals surface area (Å²) in [4.78, 5) is 32.9. The summed E-state index contributed by atoms with van der Waals surface area (Å²) < 4.78 is 11.8. The molecule has 0 aliphatic rings. The van der Waals surface area contributed by atoms with Crippen molar-refractivity contribution in [1.29, 1.82) is 0 Å². The first-order valence-corrected chi connectivity index (χ1v) is 14.9. The Balaban J connectivity index is 1.05. The van der Waals surface area contributed by atoms with Crippen LogP contribution in [0, 0.1) is 0 Å². The molecular weight excluding hydrogens is 569 g/mol. The molecule has 10 heteroatoms. The van der Waals surface area contributed by atoms with Gasteiger partial charge in [0.05, 0.1) is 21.6 Å². The molecule has 5 rings (SSSR count). The van der Waals surface area contributed by atoms with Gasteiger partial charge in [-0.15, -0.1) is 0 Å². The van der Waals surface area contributed by atoms with Crippen LogP contribution < -0.4 is 20.1 Å². The fourth-order valence-electron chi connectivity index (χ4n) is 3.60. The zero-order valence-corrected chi connectivity index (χ0v) is 23.9. The van der Waals surface area contributed by atoms with Gasteiger partial charge in [0.15, 0.2) is 0 Å². The van der Waals surface area contributed by atoms with E-state index in [-0.39, 0.29) is 23.3 Å². The second kappa shape index (κ2) is 14.7. The lowest BCUT2D eigenvalue weighted by Gasteiger charge is -2.10. The van der Waals surface area contributed by atoms with Gasteiger partial charge in [0.2, 0.25) is 11.8 Å². The minimum Gasteiger partial charge on any atom is -0.457 e. The number of benzene rings is 3. The van der Waals surface area contributed by atoms with E-state index in [1.54, 1.807) is 60.9 Å². The average molecular weight is 595 g/mol. The first kappa shape index (κ1) is 28.7. The molecule has 0 bridgehead atoms. The normalized spacial score (nSPS) is 10.5. The van der Waals surface area contributed by atoms with Gasteiger partial charge in [0, 0.05) is 23.8 Å². The molecule has 5 aromatic rings. The third kappa shape index (κ3) is 9.12. The number of thioether (sulfide) groups is 2. The van der Waals surface area contributed by atoms with E-state index in [1.807, 2.05) is 60.7 Å². The van der Waals surface area contributed by atoms with Gasteiger partial charge in [-0.05, 0) is 97.1 Å². The maximum absolute atomic E-state index is 12.2. The summed E-state index contributed by atoms with van der Waals surface area (Å²) in [7, 11) is 0. The van der Waals surface area contributed by atoms with Crippen molar-refractivity contribution in [3.63, 3.8) is 0 Å². The van der Waals surface area contributed by atoms with Gasteiger partial charge < -0.3 is 20.1 Å².